The van der Waals surface area contributed by atoms with Gasteiger partial charge in [-0.05, 0) is 43.9 Å². The number of nitrogens with one attached hydrogen (secondary N) is 2. The molecule has 0 spiro atoms. The van der Waals surface area contributed by atoms with Crippen LogP contribution in [0.15, 0.2) is 29.2 Å². The van der Waals surface area contributed by atoms with Gasteiger partial charge in [0.15, 0.2) is 0 Å². The Labute approximate surface area is 155 Å². The van der Waals surface area contributed by atoms with Crippen molar-refractivity contribution in [3.63, 3.8) is 0 Å². The monoisotopic (exact) mass is 387 g/mol. The molecule has 1 aromatic rings. The molecule has 0 radical (unpaired) electrons. The van der Waals surface area contributed by atoms with Gasteiger partial charge >= 0.3 is 0 Å². The van der Waals surface area contributed by atoms with E-state index in [2.05, 4.69) is 17.0 Å². The lowest BCUT2D eigenvalue weighted by Gasteiger charge is -2.34. The van der Waals surface area contributed by atoms with Crippen LogP contribution in [-0.4, -0.2) is 50.9 Å². The van der Waals surface area contributed by atoms with Crippen LogP contribution in [0.3, 0.4) is 0 Å². The highest BCUT2D eigenvalue weighted by molar-refractivity contribution is 7.89. The van der Waals surface area contributed by atoms with Crippen molar-refractivity contribution in [1.82, 2.24) is 14.9 Å². The summed E-state index contributed by atoms with van der Waals surface area (Å²) in [4.78, 5) is 14.5. The number of halogens is 1. The van der Waals surface area contributed by atoms with Crippen LogP contribution < -0.4 is 10.0 Å². The third kappa shape index (κ3) is 5.41. The zero-order chi connectivity index (χ0) is 17.2. The van der Waals surface area contributed by atoms with Gasteiger partial charge in [-0.25, -0.2) is 13.1 Å². The number of hydrogen-bond acceptors (Lipinski definition) is 4. The number of carbonyl (C=O) groups excluding carboxylic acids is 1. The second-order valence-electron chi connectivity index (χ2n) is 6.68. The molecule has 25 heavy (non-hydrogen) atoms. The summed E-state index contributed by atoms with van der Waals surface area (Å²) >= 11 is 0. The first-order valence-corrected chi connectivity index (χ1v) is 10.1. The van der Waals surface area contributed by atoms with Crippen molar-refractivity contribution in [2.45, 2.75) is 49.6 Å². The molecule has 1 aliphatic heterocycles. The zero-order valence-corrected chi connectivity index (χ0v) is 16.0. The van der Waals surface area contributed by atoms with Gasteiger partial charge in [-0.3, -0.25) is 4.79 Å². The van der Waals surface area contributed by atoms with Crippen LogP contribution in [0.4, 0.5) is 0 Å². The lowest BCUT2D eigenvalue weighted by Crippen LogP contribution is -2.52. The summed E-state index contributed by atoms with van der Waals surface area (Å²) in [6, 6.07) is 7.18. The second kappa shape index (κ2) is 8.49. The molecule has 0 unspecified atom stereocenters. The third-order valence-corrected chi connectivity index (χ3v) is 6.12. The lowest BCUT2D eigenvalue weighted by molar-refractivity contribution is -0.133. The van der Waals surface area contributed by atoms with E-state index in [9.17, 15) is 13.2 Å². The molecule has 1 saturated heterocycles. The molecule has 8 heteroatoms. The van der Waals surface area contributed by atoms with Crippen LogP contribution in [0.5, 0.6) is 0 Å². The van der Waals surface area contributed by atoms with Crippen LogP contribution in [-0.2, 0) is 21.2 Å². The SMILES string of the molecule is C[C@H]1CNCCN1C(=O)CCc1ccc(S(=O)(=O)NC2CC2)cc1.Cl. The average Bonchev–Trinajstić information content (AvgIpc) is 3.37. The molecule has 6 nitrogen and oxygen atoms in total. The quantitative estimate of drug-likeness (QED) is 0.771. The van der Waals surface area contributed by atoms with Crippen molar-refractivity contribution in [1.29, 1.82) is 0 Å². The molecule has 0 bridgehead atoms. The van der Waals surface area contributed by atoms with Gasteiger partial charge in [0.2, 0.25) is 15.9 Å². The van der Waals surface area contributed by atoms with Gasteiger partial charge in [0, 0.05) is 38.1 Å². The number of amides is 1. The molecule has 1 atom stereocenters. The van der Waals surface area contributed by atoms with E-state index < -0.39 is 10.0 Å². The Hall–Kier alpha value is -1.15. The van der Waals surface area contributed by atoms with Crippen molar-refractivity contribution in [3.05, 3.63) is 29.8 Å². The number of benzene rings is 1. The maximum atomic E-state index is 12.3. The molecule has 1 saturated carbocycles. The minimum absolute atomic E-state index is 0. The highest BCUT2D eigenvalue weighted by atomic mass is 35.5. The third-order valence-electron chi connectivity index (χ3n) is 4.58. The number of hydrogen-bond donors (Lipinski definition) is 2. The molecule has 1 aromatic carbocycles. The Morgan fingerprint density at radius 3 is 2.56 bits per heavy atom. The molecule has 2 N–H and O–H groups in total. The Balaban J connectivity index is 0.00000225. The number of carbonyl (C=O) groups is 1. The van der Waals surface area contributed by atoms with Gasteiger partial charge in [-0.2, -0.15) is 0 Å². The fraction of sp³-hybridized carbons (Fsp3) is 0.588. The normalized spacial score (nSPS) is 20.8. The molecule has 1 heterocycles. The Morgan fingerprint density at radius 1 is 1.28 bits per heavy atom. The minimum Gasteiger partial charge on any atom is -0.337 e. The fourth-order valence-corrected chi connectivity index (χ4v) is 4.24. The van der Waals surface area contributed by atoms with Crippen molar-refractivity contribution in [3.8, 4) is 0 Å². The van der Waals surface area contributed by atoms with E-state index in [1.165, 1.54) is 0 Å². The number of piperazine rings is 1. The summed E-state index contributed by atoms with van der Waals surface area (Å²) in [5, 5.41) is 3.27. The first-order valence-electron chi connectivity index (χ1n) is 8.57. The topological polar surface area (TPSA) is 78.5 Å². The van der Waals surface area contributed by atoms with Crippen molar-refractivity contribution in [2.24, 2.45) is 0 Å². The molecule has 1 amide bonds. The Morgan fingerprint density at radius 2 is 1.96 bits per heavy atom. The molecule has 2 fully saturated rings. The van der Waals surface area contributed by atoms with Gasteiger partial charge in [0.05, 0.1) is 4.90 Å². The van der Waals surface area contributed by atoms with Crippen LogP contribution in [0, 0.1) is 0 Å². The standard InChI is InChI=1S/C17H25N3O3S.ClH/c1-13-12-18-10-11-20(13)17(21)9-4-14-2-7-16(8-3-14)24(22,23)19-15-5-6-15;/h2-3,7-8,13,15,18-19H,4-6,9-12H2,1H3;1H/t13-;/m0./s1. The van der Waals surface area contributed by atoms with E-state index >= 15 is 0 Å². The largest absolute Gasteiger partial charge is 0.337 e. The van der Waals surface area contributed by atoms with E-state index in [1.807, 2.05) is 4.90 Å². The average molecular weight is 388 g/mol. The van der Waals surface area contributed by atoms with Crippen molar-refractivity contribution < 1.29 is 13.2 Å². The van der Waals surface area contributed by atoms with Crippen LogP contribution >= 0.6 is 12.4 Å². The summed E-state index contributed by atoms with van der Waals surface area (Å²) in [5.41, 5.74) is 0.983. The van der Waals surface area contributed by atoms with Crippen molar-refractivity contribution >= 4 is 28.3 Å². The minimum atomic E-state index is -3.40. The predicted octanol–water partition coefficient (Wildman–Crippen LogP) is 1.30. The number of aryl methyl sites for hydroxylation is 1. The highest BCUT2D eigenvalue weighted by Crippen LogP contribution is 2.22. The summed E-state index contributed by atoms with van der Waals surface area (Å²) in [6.45, 7) is 4.49. The number of nitrogens with zero attached hydrogens (tertiary/aromatic N) is 1. The summed E-state index contributed by atoms with van der Waals surface area (Å²) in [6.07, 6.45) is 2.93. The fourth-order valence-electron chi connectivity index (χ4n) is 2.93. The van der Waals surface area contributed by atoms with E-state index in [4.69, 9.17) is 0 Å². The van der Waals surface area contributed by atoms with Gasteiger partial charge < -0.3 is 10.2 Å². The number of sulfonamides is 1. The van der Waals surface area contributed by atoms with Crippen molar-refractivity contribution in [2.75, 3.05) is 19.6 Å². The molecular formula is C17H26ClN3O3S. The maximum absolute atomic E-state index is 12.3. The van der Waals surface area contributed by atoms with Gasteiger partial charge in [0.1, 0.15) is 0 Å². The molecular weight excluding hydrogens is 362 g/mol. The molecule has 0 aromatic heterocycles. The zero-order valence-electron chi connectivity index (χ0n) is 14.4. The Kier molecular flexibility index (Phi) is 6.85. The second-order valence-corrected chi connectivity index (χ2v) is 8.39. The predicted molar refractivity (Wildman–Crippen MR) is 99.4 cm³/mol. The molecule has 1 aliphatic carbocycles. The smallest absolute Gasteiger partial charge is 0.240 e. The lowest BCUT2D eigenvalue weighted by atomic mass is 10.1. The van der Waals surface area contributed by atoms with E-state index in [0.717, 1.165) is 38.0 Å². The first-order chi connectivity index (χ1) is 11.5. The number of rotatable bonds is 6. The molecule has 2 aliphatic rings. The van der Waals surface area contributed by atoms with Crippen LogP contribution in [0.1, 0.15) is 31.7 Å². The van der Waals surface area contributed by atoms with Gasteiger partial charge in [0.25, 0.3) is 0 Å². The summed E-state index contributed by atoms with van der Waals surface area (Å²) < 4.78 is 26.9. The van der Waals surface area contributed by atoms with Crippen LogP contribution in [0.25, 0.3) is 0 Å². The maximum Gasteiger partial charge on any atom is 0.240 e. The van der Waals surface area contributed by atoms with Crippen LogP contribution in [0.2, 0.25) is 0 Å². The van der Waals surface area contributed by atoms with E-state index in [-0.39, 0.29) is 30.4 Å². The first kappa shape index (κ1) is 20.2. The molecule has 3 rings (SSSR count). The van der Waals surface area contributed by atoms with E-state index in [0.29, 0.717) is 17.7 Å². The summed E-state index contributed by atoms with van der Waals surface area (Å²) in [5.74, 6) is 0.163. The summed E-state index contributed by atoms with van der Waals surface area (Å²) in [7, 11) is -3.40. The van der Waals surface area contributed by atoms with E-state index in [1.54, 1.807) is 24.3 Å². The van der Waals surface area contributed by atoms with Gasteiger partial charge in [-0.1, -0.05) is 12.1 Å². The van der Waals surface area contributed by atoms with Gasteiger partial charge in [-0.15, -0.1) is 12.4 Å². The Bertz CT molecular complexity index is 690. The highest BCUT2D eigenvalue weighted by Gasteiger charge is 2.28. The molecule has 140 valence electrons.